The molecule has 0 spiro atoms. The third-order valence-corrected chi connectivity index (χ3v) is 3.99. The molecule has 0 aromatic heterocycles. The molecule has 0 heterocycles. The normalized spacial score (nSPS) is 14.2. The van der Waals surface area contributed by atoms with Gasteiger partial charge in [-0.25, -0.2) is 0 Å². The van der Waals surface area contributed by atoms with Crippen LogP contribution in [0.5, 0.6) is 0 Å². The van der Waals surface area contributed by atoms with E-state index in [-0.39, 0.29) is 6.04 Å². The SMILES string of the molecule is CC(C)C(CN)C(N)c1ccc(-c2ccccc2)cc1. The lowest BCUT2D eigenvalue weighted by Gasteiger charge is -2.26. The molecule has 0 saturated heterocycles. The minimum Gasteiger partial charge on any atom is -0.330 e. The zero-order valence-electron chi connectivity index (χ0n) is 12.3. The van der Waals surface area contributed by atoms with Gasteiger partial charge in [0.1, 0.15) is 0 Å². The summed E-state index contributed by atoms with van der Waals surface area (Å²) in [4.78, 5) is 0. The molecule has 20 heavy (non-hydrogen) atoms. The Morgan fingerprint density at radius 3 is 1.90 bits per heavy atom. The summed E-state index contributed by atoms with van der Waals surface area (Å²) >= 11 is 0. The number of hydrogen-bond acceptors (Lipinski definition) is 2. The fourth-order valence-electron chi connectivity index (χ4n) is 2.61. The Morgan fingerprint density at radius 1 is 0.850 bits per heavy atom. The van der Waals surface area contributed by atoms with Crippen LogP contribution < -0.4 is 11.5 Å². The molecule has 0 radical (unpaired) electrons. The maximum absolute atomic E-state index is 6.36. The highest BCUT2D eigenvalue weighted by atomic mass is 14.7. The highest BCUT2D eigenvalue weighted by Crippen LogP contribution is 2.27. The van der Waals surface area contributed by atoms with Crippen LogP contribution in [0.2, 0.25) is 0 Å². The van der Waals surface area contributed by atoms with Crippen molar-refractivity contribution in [3.8, 4) is 11.1 Å². The lowest BCUT2D eigenvalue weighted by atomic mass is 9.85. The Bertz CT molecular complexity index is 517. The van der Waals surface area contributed by atoms with E-state index in [9.17, 15) is 0 Å². The van der Waals surface area contributed by atoms with Crippen molar-refractivity contribution in [2.75, 3.05) is 6.54 Å². The van der Waals surface area contributed by atoms with Gasteiger partial charge in [-0.1, -0.05) is 68.4 Å². The highest BCUT2D eigenvalue weighted by molar-refractivity contribution is 5.63. The Hall–Kier alpha value is -1.64. The smallest absolute Gasteiger partial charge is 0.0338 e. The summed E-state index contributed by atoms with van der Waals surface area (Å²) < 4.78 is 0. The zero-order valence-corrected chi connectivity index (χ0v) is 12.3. The molecule has 2 heteroatoms. The van der Waals surface area contributed by atoms with Crippen LogP contribution in [0.15, 0.2) is 54.6 Å². The summed E-state index contributed by atoms with van der Waals surface area (Å²) in [6.07, 6.45) is 0. The van der Waals surface area contributed by atoms with Gasteiger partial charge in [-0.3, -0.25) is 0 Å². The van der Waals surface area contributed by atoms with E-state index in [0.29, 0.717) is 18.4 Å². The van der Waals surface area contributed by atoms with Crippen molar-refractivity contribution in [3.05, 3.63) is 60.2 Å². The molecular formula is C18H24N2. The number of nitrogens with two attached hydrogens (primary N) is 2. The minimum absolute atomic E-state index is 0.00447. The summed E-state index contributed by atoms with van der Waals surface area (Å²) in [7, 11) is 0. The molecule has 0 amide bonds. The minimum atomic E-state index is 0.00447. The second-order valence-corrected chi connectivity index (χ2v) is 5.66. The second kappa shape index (κ2) is 6.69. The summed E-state index contributed by atoms with van der Waals surface area (Å²) in [6, 6.07) is 18.9. The van der Waals surface area contributed by atoms with Gasteiger partial charge in [-0.2, -0.15) is 0 Å². The zero-order chi connectivity index (χ0) is 14.5. The van der Waals surface area contributed by atoms with Crippen molar-refractivity contribution < 1.29 is 0 Å². The maximum Gasteiger partial charge on any atom is 0.0338 e. The molecular weight excluding hydrogens is 244 g/mol. The van der Waals surface area contributed by atoms with E-state index in [1.807, 2.05) is 6.07 Å². The molecule has 2 atom stereocenters. The Kier molecular flexibility index (Phi) is 4.94. The first kappa shape index (κ1) is 14.8. The fourth-order valence-corrected chi connectivity index (χ4v) is 2.61. The molecule has 4 N–H and O–H groups in total. The van der Waals surface area contributed by atoms with E-state index in [1.165, 1.54) is 11.1 Å². The van der Waals surface area contributed by atoms with Gasteiger partial charge in [-0.05, 0) is 35.1 Å². The molecule has 2 rings (SSSR count). The first-order valence-corrected chi connectivity index (χ1v) is 7.24. The molecule has 0 aliphatic rings. The van der Waals surface area contributed by atoms with Gasteiger partial charge in [0.25, 0.3) is 0 Å². The summed E-state index contributed by atoms with van der Waals surface area (Å²) in [5, 5.41) is 0. The van der Waals surface area contributed by atoms with E-state index in [1.54, 1.807) is 0 Å². The first-order valence-electron chi connectivity index (χ1n) is 7.24. The molecule has 2 aromatic rings. The standard InChI is InChI=1S/C18H24N2/c1-13(2)17(12-19)18(20)16-10-8-15(9-11-16)14-6-4-3-5-7-14/h3-11,13,17-18H,12,19-20H2,1-2H3. The molecule has 0 aliphatic heterocycles. The van der Waals surface area contributed by atoms with Crippen LogP contribution in [0.25, 0.3) is 11.1 Å². The molecule has 2 aromatic carbocycles. The van der Waals surface area contributed by atoms with Crippen LogP contribution in [0.1, 0.15) is 25.5 Å². The second-order valence-electron chi connectivity index (χ2n) is 5.66. The molecule has 0 aliphatic carbocycles. The van der Waals surface area contributed by atoms with E-state index in [0.717, 1.165) is 5.56 Å². The third kappa shape index (κ3) is 3.27. The van der Waals surface area contributed by atoms with Gasteiger partial charge in [0.15, 0.2) is 0 Å². The van der Waals surface area contributed by atoms with Gasteiger partial charge in [0, 0.05) is 6.04 Å². The Balaban J connectivity index is 2.20. The largest absolute Gasteiger partial charge is 0.330 e. The average molecular weight is 268 g/mol. The predicted octanol–water partition coefficient (Wildman–Crippen LogP) is 3.58. The van der Waals surface area contributed by atoms with Gasteiger partial charge >= 0.3 is 0 Å². The summed E-state index contributed by atoms with van der Waals surface area (Å²) in [6.45, 7) is 4.98. The lowest BCUT2D eigenvalue weighted by molar-refractivity contribution is 0.331. The lowest BCUT2D eigenvalue weighted by Crippen LogP contribution is -2.31. The van der Waals surface area contributed by atoms with Gasteiger partial charge in [0.2, 0.25) is 0 Å². The number of hydrogen-bond donors (Lipinski definition) is 2. The van der Waals surface area contributed by atoms with Crippen molar-refractivity contribution >= 4 is 0 Å². The van der Waals surface area contributed by atoms with Crippen molar-refractivity contribution in [3.63, 3.8) is 0 Å². The first-order chi connectivity index (χ1) is 9.63. The van der Waals surface area contributed by atoms with Gasteiger partial charge < -0.3 is 11.5 Å². The van der Waals surface area contributed by atoms with E-state index >= 15 is 0 Å². The molecule has 2 nitrogen and oxygen atoms in total. The van der Waals surface area contributed by atoms with Gasteiger partial charge in [0.05, 0.1) is 0 Å². The Morgan fingerprint density at radius 2 is 1.40 bits per heavy atom. The predicted molar refractivity (Wildman–Crippen MR) is 86.2 cm³/mol. The van der Waals surface area contributed by atoms with Crippen molar-refractivity contribution in [1.82, 2.24) is 0 Å². The monoisotopic (exact) mass is 268 g/mol. The third-order valence-electron chi connectivity index (χ3n) is 3.99. The Labute approximate surface area is 121 Å². The van der Waals surface area contributed by atoms with Crippen LogP contribution >= 0.6 is 0 Å². The van der Waals surface area contributed by atoms with Gasteiger partial charge in [-0.15, -0.1) is 0 Å². The van der Waals surface area contributed by atoms with E-state index < -0.39 is 0 Å². The molecule has 0 bridgehead atoms. The van der Waals surface area contributed by atoms with Crippen LogP contribution in [0.4, 0.5) is 0 Å². The van der Waals surface area contributed by atoms with E-state index in [4.69, 9.17) is 11.5 Å². The molecule has 0 fully saturated rings. The van der Waals surface area contributed by atoms with Crippen LogP contribution in [0.3, 0.4) is 0 Å². The van der Waals surface area contributed by atoms with Crippen LogP contribution in [-0.2, 0) is 0 Å². The average Bonchev–Trinajstić information content (AvgIpc) is 2.48. The van der Waals surface area contributed by atoms with E-state index in [2.05, 4.69) is 62.4 Å². The quantitative estimate of drug-likeness (QED) is 0.870. The topological polar surface area (TPSA) is 52.0 Å². The summed E-state index contributed by atoms with van der Waals surface area (Å²) in [5.41, 5.74) is 15.8. The maximum atomic E-state index is 6.36. The van der Waals surface area contributed by atoms with Crippen molar-refractivity contribution in [2.24, 2.45) is 23.3 Å². The van der Waals surface area contributed by atoms with Crippen LogP contribution in [-0.4, -0.2) is 6.54 Å². The molecule has 106 valence electrons. The molecule has 2 unspecified atom stereocenters. The highest BCUT2D eigenvalue weighted by Gasteiger charge is 2.21. The molecule has 0 saturated carbocycles. The van der Waals surface area contributed by atoms with Crippen LogP contribution in [0, 0.1) is 11.8 Å². The summed E-state index contributed by atoms with van der Waals surface area (Å²) in [5.74, 6) is 0.807. The number of benzene rings is 2. The van der Waals surface area contributed by atoms with Crippen molar-refractivity contribution in [1.29, 1.82) is 0 Å². The van der Waals surface area contributed by atoms with Crippen molar-refractivity contribution in [2.45, 2.75) is 19.9 Å². The fraction of sp³-hybridized carbons (Fsp3) is 0.333. The number of rotatable bonds is 5.